The van der Waals surface area contributed by atoms with Crippen molar-refractivity contribution >= 4 is 11.7 Å². The molecule has 1 aromatic carbocycles. The molecule has 0 saturated carbocycles. The minimum atomic E-state index is -0.201. The van der Waals surface area contributed by atoms with Crippen LogP contribution in [0.4, 0.5) is 10.5 Å². The average Bonchev–Trinajstić information content (AvgIpc) is 2.54. The van der Waals surface area contributed by atoms with E-state index in [0.29, 0.717) is 0 Å². The minimum Gasteiger partial charge on any atom is -0.369 e. The van der Waals surface area contributed by atoms with E-state index in [9.17, 15) is 4.79 Å². The van der Waals surface area contributed by atoms with Gasteiger partial charge in [-0.05, 0) is 19.1 Å². The summed E-state index contributed by atoms with van der Waals surface area (Å²) in [5.74, 6) is 2.39. The van der Waals surface area contributed by atoms with Gasteiger partial charge in [0.25, 0.3) is 0 Å². The van der Waals surface area contributed by atoms with Crippen LogP contribution in [0.1, 0.15) is 6.92 Å². The van der Waals surface area contributed by atoms with Gasteiger partial charge in [-0.1, -0.05) is 24.1 Å². The number of piperazine rings is 1. The van der Waals surface area contributed by atoms with E-state index in [1.807, 2.05) is 13.0 Å². The van der Waals surface area contributed by atoms with Crippen LogP contribution in [0.3, 0.4) is 0 Å². The van der Waals surface area contributed by atoms with Gasteiger partial charge < -0.3 is 15.5 Å². The molecule has 1 aromatic rings. The van der Waals surface area contributed by atoms with Crippen molar-refractivity contribution in [2.75, 3.05) is 44.2 Å². The van der Waals surface area contributed by atoms with Crippen molar-refractivity contribution in [3.8, 4) is 12.3 Å². The molecule has 1 unspecified atom stereocenters. The fraction of sp³-hybridized carbons (Fsp3) is 0.471. The van der Waals surface area contributed by atoms with Gasteiger partial charge in [-0.15, -0.1) is 6.42 Å². The molecule has 1 saturated heterocycles. The molecule has 22 heavy (non-hydrogen) atoms. The monoisotopic (exact) mass is 300 g/mol. The van der Waals surface area contributed by atoms with Gasteiger partial charge >= 0.3 is 6.03 Å². The fourth-order valence-electron chi connectivity index (χ4n) is 2.67. The number of hydrogen-bond donors (Lipinski definition) is 2. The Labute approximate surface area is 132 Å². The highest BCUT2D eigenvalue weighted by Gasteiger charge is 2.19. The standard InChI is InChI=1S/C17H24N4O/c1-3-9-18-17(22)19-15(2)14-20-10-12-21(13-11-20)16-7-5-4-6-8-16/h1,4-8,15H,9-14H2,2H3,(H2,18,19,22). The van der Waals surface area contributed by atoms with Crippen molar-refractivity contribution in [2.24, 2.45) is 0 Å². The Kier molecular flexibility index (Phi) is 6.11. The molecule has 5 heteroatoms. The Morgan fingerprint density at radius 3 is 2.59 bits per heavy atom. The van der Waals surface area contributed by atoms with E-state index in [1.54, 1.807) is 0 Å². The van der Waals surface area contributed by atoms with Crippen LogP contribution >= 0.6 is 0 Å². The van der Waals surface area contributed by atoms with Crippen LogP contribution in [0.2, 0.25) is 0 Å². The third-order valence-corrected chi connectivity index (χ3v) is 3.75. The number of hydrogen-bond acceptors (Lipinski definition) is 3. The van der Waals surface area contributed by atoms with E-state index in [0.717, 1.165) is 32.7 Å². The lowest BCUT2D eigenvalue weighted by molar-refractivity contribution is 0.218. The Balaban J connectivity index is 1.71. The van der Waals surface area contributed by atoms with E-state index in [-0.39, 0.29) is 18.6 Å². The number of benzene rings is 1. The number of para-hydroxylation sites is 1. The molecule has 1 aliphatic heterocycles. The molecule has 2 N–H and O–H groups in total. The number of terminal acetylenes is 1. The quantitative estimate of drug-likeness (QED) is 0.802. The number of nitrogens with one attached hydrogen (secondary N) is 2. The van der Waals surface area contributed by atoms with E-state index < -0.39 is 0 Å². The van der Waals surface area contributed by atoms with Crippen LogP contribution in [0.25, 0.3) is 0 Å². The predicted octanol–water partition coefficient (Wildman–Crippen LogP) is 1.13. The molecule has 1 atom stereocenters. The molecule has 118 valence electrons. The molecule has 5 nitrogen and oxygen atoms in total. The van der Waals surface area contributed by atoms with E-state index in [2.05, 4.69) is 50.6 Å². The van der Waals surface area contributed by atoms with Crippen LogP contribution in [-0.2, 0) is 0 Å². The smallest absolute Gasteiger partial charge is 0.315 e. The first-order valence-electron chi connectivity index (χ1n) is 7.69. The molecule has 2 rings (SSSR count). The summed E-state index contributed by atoms with van der Waals surface area (Å²) < 4.78 is 0. The zero-order chi connectivity index (χ0) is 15.8. The number of amides is 2. The average molecular weight is 300 g/mol. The highest BCUT2D eigenvalue weighted by molar-refractivity contribution is 5.74. The number of urea groups is 1. The largest absolute Gasteiger partial charge is 0.369 e. The van der Waals surface area contributed by atoms with Gasteiger partial charge in [0, 0.05) is 44.5 Å². The molecular weight excluding hydrogens is 276 g/mol. The van der Waals surface area contributed by atoms with Crippen molar-refractivity contribution in [1.29, 1.82) is 0 Å². The molecule has 2 amide bonds. The first-order chi connectivity index (χ1) is 10.7. The van der Waals surface area contributed by atoms with Crippen molar-refractivity contribution in [3.05, 3.63) is 30.3 Å². The lowest BCUT2D eigenvalue weighted by atomic mass is 10.2. The molecule has 0 aliphatic carbocycles. The molecule has 0 bridgehead atoms. The van der Waals surface area contributed by atoms with Crippen LogP contribution in [0.15, 0.2) is 30.3 Å². The summed E-state index contributed by atoms with van der Waals surface area (Å²) in [7, 11) is 0. The number of rotatable bonds is 5. The Morgan fingerprint density at radius 2 is 1.95 bits per heavy atom. The molecule has 0 spiro atoms. The zero-order valence-corrected chi connectivity index (χ0v) is 13.1. The van der Waals surface area contributed by atoms with Crippen molar-refractivity contribution < 1.29 is 4.79 Å². The normalized spacial score (nSPS) is 16.6. The summed E-state index contributed by atoms with van der Waals surface area (Å²) in [5.41, 5.74) is 1.28. The third kappa shape index (κ3) is 4.97. The topological polar surface area (TPSA) is 47.6 Å². The number of carbonyl (C=O) groups is 1. The zero-order valence-electron chi connectivity index (χ0n) is 13.1. The maximum absolute atomic E-state index is 11.5. The van der Waals surface area contributed by atoms with Crippen LogP contribution in [0, 0.1) is 12.3 Å². The van der Waals surface area contributed by atoms with Gasteiger partial charge in [-0.25, -0.2) is 4.79 Å². The summed E-state index contributed by atoms with van der Waals surface area (Å²) >= 11 is 0. The predicted molar refractivity (Wildman–Crippen MR) is 89.9 cm³/mol. The van der Waals surface area contributed by atoms with Gasteiger partial charge in [0.2, 0.25) is 0 Å². The second-order valence-corrected chi connectivity index (χ2v) is 5.56. The SMILES string of the molecule is C#CCNC(=O)NC(C)CN1CCN(c2ccccc2)CC1. The van der Waals surface area contributed by atoms with E-state index >= 15 is 0 Å². The van der Waals surface area contributed by atoms with E-state index in [4.69, 9.17) is 6.42 Å². The first-order valence-corrected chi connectivity index (χ1v) is 7.69. The summed E-state index contributed by atoms with van der Waals surface area (Å²) in [6, 6.07) is 10.4. The van der Waals surface area contributed by atoms with Gasteiger partial charge in [0.15, 0.2) is 0 Å². The second-order valence-electron chi connectivity index (χ2n) is 5.56. The van der Waals surface area contributed by atoms with Crippen molar-refractivity contribution in [3.63, 3.8) is 0 Å². The Hall–Kier alpha value is -2.19. The summed E-state index contributed by atoms with van der Waals surface area (Å²) in [6.45, 7) is 7.17. The summed E-state index contributed by atoms with van der Waals surface area (Å²) in [4.78, 5) is 16.3. The second kappa shape index (κ2) is 8.30. The van der Waals surface area contributed by atoms with Gasteiger partial charge in [-0.2, -0.15) is 0 Å². The minimum absolute atomic E-state index is 0.0982. The highest BCUT2D eigenvalue weighted by atomic mass is 16.2. The number of nitrogens with zero attached hydrogens (tertiary/aromatic N) is 2. The Morgan fingerprint density at radius 1 is 1.27 bits per heavy atom. The van der Waals surface area contributed by atoms with Gasteiger partial charge in [0.05, 0.1) is 6.54 Å². The Bertz CT molecular complexity index is 503. The fourth-order valence-corrected chi connectivity index (χ4v) is 2.67. The third-order valence-electron chi connectivity index (χ3n) is 3.75. The van der Waals surface area contributed by atoms with Crippen LogP contribution < -0.4 is 15.5 Å². The molecule has 1 aliphatic rings. The van der Waals surface area contributed by atoms with Crippen LogP contribution in [0.5, 0.6) is 0 Å². The molecule has 1 fully saturated rings. The first kappa shape index (κ1) is 16.2. The maximum atomic E-state index is 11.5. The maximum Gasteiger partial charge on any atom is 0.315 e. The molecule has 1 heterocycles. The van der Waals surface area contributed by atoms with Crippen molar-refractivity contribution in [2.45, 2.75) is 13.0 Å². The van der Waals surface area contributed by atoms with Crippen LogP contribution in [-0.4, -0.2) is 56.2 Å². The summed E-state index contributed by atoms with van der Waals surface area (Å²) in [5, 5.41) is 5.52. The number of carbonyl (C=O) groups excluding carboxylic acids is 1. The number of anilines is 1. The lowest BCUT2D eigenvalue weighted by Crippen LogP contribution is -2.52. The van der Waals surface area contributed by atoms with Gasteiger partial charge in [0.1, 0.15) is 0 Å². The van der Waals surface area contributed by atoms with Crippen molar-refractivity contribution in [1.82, 2.24) is 15.5 Å². The lowest BCUT2D eigenvalue weighted by Gasteiger charge is -2.37. The molecule has 0 aromatic heterocycles. The highest BCUT2D eigenvalue weighted by Crippen LogP contribution is 2.15. The molecule has 0 radical (unpaired) electrons. The van der Waals surface area contributed by atoms with E-state index in [1.165, 1.54) is 5.69 Å². The molecular formula is C17H24N4O. The van der Waals surface area contributed by atoms with Gasteiger partial charge in [-0.3, -0.25) is 4.90 Å². The summed E-state index contributed by atoms with van der Waals surface area (Å²) in [6.07, 6.45) is 5.11.